The van der Waals surface area contributed by atoms with Gasteiger partial charge in [0.25, 0.3) is 0 Å². The molecule has 1 aromatic carbocycles. The van der Waals surface area contributed by atoms with Gasteiger partial charge in [-0.25, -0.2) is 9.59 Å². The van der Waals surface area contributed by atoms with Gasteiger partial charge in [0.05, 0.1) is 0 Å². The Morgan fingerprint density at radius 3 is 2.50 bits per heavy atom. The summed E-state index contributed by atoms with van der Waals surface area (Å²) in [6.07, 6.45) is -0.177. The summed E-state index contributed by atoms with van der Waals surface area (Å²) in [6, 6.07) is 8.63. The monoisotopic (exact) mass is 335 g/mol. The second kappa shape index (κ2) is 7.66. The molecule has 24 heavy (non-hydrogen) atoms. The maximum absolute atomic E-state index is 12.4. The number of esters is 1. The Hall–Kier alpha value is -2.08. The third-order valence-electron chi connectivity index (χ3n) is 3.77. The lowest BCUT2D eigenvalue weighted by Gasteiger charge is -2.27. The van der Waals surface area contributed by atoms with Crippen molar-refractivity contribution in [2.75, 3.05) is 13.2 Å². The fourth-order valence-electron chi connectivity index (χ4n) is 2.63. The van der Waals surface area contributed by atoms with Crippen LogP contribution in [0.15, 0.2) is 30.3 Å². The zero-order valence-electron chi connectivity index (χ0n) is 14.4. The molecular formula is C18H25NO5. The molecule has 1 saturated heterocycles. The molecular weight excluding hydrogens is 310 g/mol. The first-order valence-corrected chi connectivity index (χ1v) is 8.11. The molecule has 6 nitrogen and oxygen atoms in total. The van der Waals surface area contributed by atoms with Crippen LogP contribution in [0.25, 0.3) is 0 Å². The van der Waals surface area contributed by atoms with Gasteiger partial charge in [-0.2, -0.15) is 0 Å². The largest absolute Gasteiger partial charge is 0.459 e. The number of ether oxygens (including phenoxy) is 2. The van der Waals surface area contributed by atoms with Gasteiger partial charge in [-0.15, -0.1) is 0 Å². The Morgan fingerprint density at radius 2 is 1.92 bits per heavy atom. The number of hydrogen-bond donors (Lipinski definition) is 1. The van der Waals surface area contributed by atoms with E-state index in [2.05, 4.69) is 0 Å². The van der Waals surface area contributed by atoms with E-state index in [1.54, 1.807) is 20.8 Å². The van der Waals surface area contributed by atoms with Crippen LogP contribution in [-0.4, -0.2) is 46.9 Å². The molecule has 1 aliphatic heterocycles. The highest BCUT2D eigenvalue weighted by Gasteiger charge is 2.42. The smallest absolute Gasteiger partial charge is 0.411 e. The molecule has 0 aromatic heterocycles. The third kappa shape index (κ3) is 4.96. The van der Waals surface area contributed by atoms with Gasteiger partial charge in [-0.05, 0) is 32.8 Å². The first kappa shape index (κ1) is 18.3. The van der Waals surface area contributed by atoms with Crippen LogP contribution in [0.1, 0.15) is 32.8 Å². The fraction of sp³-hybridized carbons (Fsp3) is 0.556. The first-order chi connectivity index (χ1) is 11.3. The first-order valence-electron chi connectivity index (χ1n) is 8.11. The van der Waals surface area contributed by atoms with E-state index in [1.165, 1.54) is 4.90 Å². The number of amides is 1. The van der Waals surface area contributed by atoms with Crippen molar-refractivity contribution in [3.63, 3.8) is 0 Å². The highest BCUT2D eigenvalue weighted by atomic mass is 16.6. The van der Waals surface area contributed by atoms with Crippen molar-refractivity contribution in [1.29, 1.82) is 0 Å². The molecule has 0 saturated carbocycles. The van der Waals surface area contributed by atoms with Crippen LogP contribution in [0.2, 0.25) is 0 Å². The Balaban J connectivity index is 2.01. The van der Waals surface area contributed by atoms with E-state index in [0.29, 0.717) is 6.42 Å². The van der Waals surface area contributed by atoms with Gasteiger partial charge in [0.2, 0.25) is 0 Å². The molecule has 0 spiro atoms. The van der Waals surface area contributed by atoms with E-state index >= 15 is 0 Å². The summed E-state index contributed by atoms with van der Waals surface area (Å²) in [5.74, 6) is -0.618. The minimum Gasteiger partial charge on any atom is -0.459 e. The van der Waals surface area contributed by atoms with Crippen LogP contribution in [0.4, 0.5) is 4.79 Å². The van der Waals surface area contributed by atoms with Crippen molar-refractivity contribution in [1.82, 2.24) is 4.90 Å². The van der Waals surface area contributed by atoms with Gasteiger partial charge in [0.1, 0.15) is 18.2 Å². The average molecular weight is 335 g/mol. The third-order valence-corrected chi connectivity index (χ3v) is 3.77. The predicted molar refractivity (Wildman–Crippen MR) is 88.2 cm³/mol. The second-order valence-corrected chi connectivity index (χ2v) is 7.03. The van der Waals surface area contributed by atoms with E-state index in [4.69, 9.17) is 9.47 Å². The van der Waals surface area contributed by atoms with Crippen molar-refractivity contribution in [3.8, 4) is 0 Å². The van der Waals surface area contributed by atoms with Gasteiger partial charge >= 0.3 is 12.1 Å². The van der Waals surface area contributed by atoms with Crippen LogP contribution < -0.4 is 0 Å². The molecule has 1 N–H and O–H groups in total. The van der Waals surface area contributed by atoms with Crippen LogP contribution in [0.5, 0.6) is 0 Å². The quantitative estimate of drug-likeness (QED) is 0.855. The van der Waals surface area contributed by atoms with E-state index in [9.17, 15) is 14.7 Å². The highest BCUT2D eigenvalue weighted by Crippen LogP contribution is 2.26. The molecule has 2 rings (SSSR count). The molecule has 1 fully saturated rings. The maximum Gasteiger partial charge on any atom is 0.411 e. The highest BCUT2D eigenvalue weighted by molar-refractivity contribution is 5.82. The SMILES string of the molecule is CC(C)(C)OC(=O)N1C[C@@H](CO)C[C@H]1C(=O)OCc1ccccc1. The maximum atomic E-state index is 12.4. The standard InChI is InChI=1S/C18H25NO5/c1-18(2,3)24-17(22)19-10-14(11-20)9-15(19)16(21)23-12-13-7-5-4-6-8-13/h4-8,14-15,20H,9-12H2,1-3H3/t14-,15-/m0/s1. The molecule has 1 amide bonds. The molecule has 132 valence electrons. The van der Waals surface area contributed by atoms with Gasteiger partial charge < -0.3 is 14.6 Å². The normalized spacial score (nSPS) is 20.8. The van der Waals surface area contributed by atoms with Crippen molar-refractivity contribution in [2.24, 2.45) is 5.92 Å². The number of aliphatic hydroxyl groups excluding tert-OH is 1. The lowest BCUT2D eigenvalue weighted by atomic mass is 10.1. The predicted octanol–water partition coefficient (Wildman–Crippen LogP) is 2.35. The number of carbonyl (C=O) groups excluding carboxylic acids is 2. The van der Waals surface area contributed by atoms with Crippen LogP contribution in [-0.2, 0) is 20.9 Å². The number of nitrogens with zero attached hydrogens (tertiary/aromatic N) is 1. The summed E-state index contributed by atoms with van der Waals surface area (Å²) >= 11 is 0. The molecule has 1 aliphatic rings. The summed E-state index contributed by atoms with van der Waals surface area (Å²) < 4.78 is 10.7. The molecule has 2 atom stereocenters. The minimum atomic E-state index is -0.722. The Labute approximate surface area is 142 Å². The van der Waals surface area contributed by atoms with Crippen LogP contribution >= 0.6 is 0 Å². The summed E-state index contributed by atoms with van der Waals surface area (Å²) in [5, 5.41) is 9.37. The average Bonchev–Trinajstić information content (AvgIpc) is 2.96. The van der Waals surface area contributed by atoms with E-state index in [0.717, 1.165) is 5.56 Å². The number of carbonyl (C=O) groups is 2. The molecule has 6 heteroatoms. The number of aliphatic hydroxyl groups is 1. The van der Waals surface area contributed by atoms with Crippen molar-refractivity contribution in [2.45, 2.75) is 45.4 Å². The summed E-state index contributed by atoms with van der Waals surface area (Å²) in [6.45, 7) is 5.67. The number of benzene rings is 1. The number of hydrogen-bond acceptors (Lipinski definition) is 5. The zero-order valence-corrected chi connectivity index (χ0v) is 14.4. The van der Waals surface area contributed by atoms with Gasteiger partial charge in [-0.1, -0.05) is 30.3 Å². The van der Waals surface area contributed by atoms with Crippen molar-refractivity contribution < 1.29 is 24.2 Å². The van der Waals surface area contributed by atoms with Crippen molar-refractivity contribution in [3.05, 3.63) is 35.9 Å². The molecule has 0 aliphatic carbocycles. The number of likely N-dealkylation sites (tertiary alicyclic amines) is 1. The van der Waals surface area contributed by atoms with E-state index in [1.807, 2.05) is 30.3 Å². The topological polar surface area (TPSA) is 76.1 Å². The second-order valence-electron chi connectivity index (χ2n) is 7.03. The Kier molecular flexibility index (Phi) is 5.83. The van der Waals surface area contributed by atoms with Crippen LogP contribution in [0, 0.1) is 5.92 Å². The Bertz CT molecular complexity index is 567. The summed E-state index contributed by atoms with van der Waals surface area (Å²) in [4.78, 5) is 26.1. The molecule has 1 aromatic rings. The fourth-order valence-corrected chi connectivity index (χ4v) is 2.63. The summed E-state index contributed by atoms with van der Waals surface area (Å²) in [7, 11) is 0. The van der Waals surface area contributed by atoms with Gasteiger partial charge in [0, 0.05) is 19.1 Å². The minimum absolute atomic E-state index is 0.0816. The lowest BCUT2D eigenvalue weighted by Crippen LogP contribution is -2.44. The molecule has 0 radical (unpaired) electrons. The Morgan fingerprint density at radius 1 is 1.25 bits per heavy atom. The van der Waals surface area contributed by atoms with Gasteiger partial charge in [-0.3, -0.25) is 4.90 Å². The lowest BCUT2D eigenvalue weighted by molar-refractivity contribution is -0.150. The summed E-state index contributed by atoms with van der Waals surface area (Å²) in [5.41, 5.74) is 0.235. The van der Waals surface area contributed by atoms with Crippen molar-refractivity contribution >= 4 is 12.1 Å². The van der Waals surface area contributed by atoms with Crippen LogP contribution in [0.3, 0.4) is 0 Å². The molecule has 1 heterocycles. The van der Waals surface area contributed by atoms with E-state index in [-0.39, 0.29) is 25.7 Å². The zero-order chi connectivity index (χ0) is 17.7. The number of rotatable bonds is 4. The van der Waals surface area contributed by atoms with Gasteiger partial charge in [0.15, 0.2) is 0 Å². The molecule has 0 bridgehead atoms. The van der Waals surface area contributed by atoms with E-state index < -0.39 is 23.7 Å². The molecule has 0 unspecified atom stereocenters.